The van der Waals surface area contributed by atoms with Crippen LogP contribution in [0.25, 0.3) is 0 Å². The highest BCUT2D eigenvalue weighted by Crippen LogP contribution is 2.20. The summed E-state index contributed by atoms with van der Waals surface area (Å²) in [6.45, 7) is 2.34. The molecule has 18 heavy (non-hydrogen) atoms. The van der Waals surface area contributed by atoms with Gasteiger partial charge >= 0.3 is 0 Å². The van der Waals surface area contributed by atoms with Crippen molar-refractivity contribution in [3.8, 4) is 6.07 Å². The van der Waals surface area contributed by atoms with Gasteiger partial charge in [-0.3, -0.25) is 4.79 Å². The highest BCUT2D eigenvalue weighted by molar-refractivity contribution is 5.86. The number of hydrogen-bond acceptors (Lipinski definition) is 5. The van der Waals surface area contributed by atoms with Gasteiger partial charge in [0.15, 0.2) is 0 Å². The van der Waals surface area contributed by atoms with Crippen LogP contribution in [-0.2, 0) is 14.3 Å². The van der Waals surface area contributed by atoms with Gasteiger partial charge in [0.25, 0.3) is 0 Å². The molecule has 0 aliphatic carbocycles. The van der Waals surface area contributed by atoms with Crippen LogP contribution in [0.2, 0.25) is 0 Å². The van der Waals surface area contributed by atoms with Crippen LogP contribution in [0, 0.1) is 11.3 Å². The molecule has 0 bridgehead atoms. The Morgan fingerprint density at radius 3 is 2.72 bits per heavy atom. The molecular formula is C12H21N3O3. The van der Waals surface area contributed by atoms with Crippen molar-refractivity contribution in [2.45, 2.75) is 24.8 Å². The Hall–Kier alpha value is -1.16. The minimum absolute atomic E-state index is 0.0990. The lowest BCUT2D eigenvalue weighted by atomic mass is 9.89. The highest BCUT2D eigenvalue weighted by atomic mass is 16.5. The molecule has 0 aromatic rings. The molecule has 1 rings (SSSR count). The summed E-state index contributed by atoms with van der Waals surface area (Å²) in [5, 5.41) is 8.63. The molecule has 2 N–H and O–H groups in total. The smallest absolute Gasteiger partial charge is 0.242 e. The molecule has 1 aliphatic heterocycles. The Morgan fingerprint density at radius 1 is 1.50 bits per heavy atom. The number of rotatable bonds is 6. The van der Waals surface area contributed by atoms with Gasteiger partial charge in [0.2, 0.25) is 5.91 Å². The number of nitriles is 1. The van der Waals surface area contributed by atoms with E-state index in [-0.39, 0.29) is 5.91 Å². The lowest BCUT2D eigenvalue weighted by Gasteiger charge is -2.36. The Kier molecular flexibility index (Phi) is 6.05. The summed E-state index contributed by atoms with van der Waals surface area (Å²) in [7, 11) is 1.58. The molecule has 0 radical (unpaired) electrons. The lowest BCUT2D eigenvalue weighted by Crippen LogP contribution is -2.58. The molecule has 1 heterocycles. The van der Waals surface area contributed by atoms with Crippen molar-refractivity contribution >= 4 is 5.91 Å². The number of carbonyl (C=O) groups is 1. The maximum Gasteiger partial charge on any atom is 0.242 e. The second-order valence-corrected chi connectivity index (χ2v) is 4.46. The average molecular weight is 255 g/mol. The second kappa shape index (κ2) is 7.31. The van der Waals surface area contributed by atoms with Gasteiger partial charge in [0.05, 0.1) is 24.6 Å². The normalized spacial score (nSPS) is 18.1. The molecule has 1 amide bonds. The molecule has 6 nitrogen and oxygen atoms in total. The summed E-state index contributed by atoms with van der Waals surface area (Å²) >= 11 is 0. The fourth-order valence-corrected chi connectivity index (χ4v) is 1.97. The quantitative estimate of drug-likeness (QED) is 0.715. The van der Waals surface area contributed by atoms with E-state index in [0.717, 1.165) is 0 Å². The number of nitrogens with two attached hydrogens (primary N) is 1. The predicted molar refractivity (Wildman–Crippen MR) is 65.7 cm³/mol. The third kappa shape index (κ3) is 3.95. The summed E-state index contributed by atoms with van der Waals surface area (Å²) in [6, 6.07) is 2.04. The fourth-order valence-electron chi connectivity index (χ4n) is 1.97. The summed E-state index contributed by atoms with van der Waals surface area (Å²) in [4.78, 5) is 14.0. The zero-order valence-electron chi connectivity index (χ0n) is 10.9. The van der Waals surface area contributed by atoms with E-state index >= 15 is 0 Å². The van der Waals surface area contributed by atoms with Crippen LogP contribution in [0.3, 0.4) is 0 Å². The first-order chi connectivity index (χ1) is 8.64. The van der Waals surface area contributed by atoms with Gasteiger partial charge < -0.3 is 20.1 Å². The zero-order chi connectivity index (χ0) is 13.4. The summed E-state index contributed by atoms with van der Waals surface area (Å²) in [6.07, 6.45) is 1.37. The molecular weight excluding hydrogens is 234 g/mol. The fraction of sp³-hybridized carbons (Fsp3) is 0.833. The molecule has 0 aromatic heterocycles. The minimum Gasteiger partial charge on any atom is -0.383 e. The van der Waals surface area contributed by atoms with Gasteiger partial charge in [0, 0.05) is 33.4 Å². The number of methoxy groups -OCH3 is 1. The van der Waals surface area contributed by atoms with E-state index in [1.807, 2.05) is 6.07 Å². The van der Waals surface area contributed by atoms with E-state index in [1.165, 1.54) is 0 Å². The molecule has 0 unspecified atom stereocenters. The van der Waals surface area contributed by atoms with Crippen molar-refractivity contribution in [2.75, 3.05) is 40.0 Å². The maximum atomic E-state index is 12.4. The van der Waals surface area contributed by atoms with E-state index in [9.17, 15) is 4.79 Å². The Labute approximate surface area is 108 Å². The van der Waals surface area contributed by atoms with Crippen molar-refractivity contribution in [1.29, 1.82) is 5.26 Å². The number of carbonyl (C=O) groups excluding carboxylic acids is 1. The van der Waals surface area contributed by atoms with Gasteiger partial charge in [-0.05, 0) is 12.8 Å². The molecule has 102 valence electrons. The van der Waals surface area contributed by atoms with Crippen molar-refractivity contribution < 1.29 is 14.3 Å². The first-order valence-electron chi connectivity index (χ1n) is 6.16. The van der Waals surface area contributed by atoms with Crippen molar-refractivity contribution in [3.63, 3.8) is 0 Å². The monoisotopic (exact) mass is 255 g/mol. The third-order valence-corrected chi connectivity index (χ3v) is 3.16. The molecule has 0 aromatic carbocycles. The molecule has 1 saturated heterocycles. The zero-order valence-corrected chi connectivity index (χ0v) is 10.9. The van der Waals surface area contributed by atoms with E-state index in [2.05, 4.69) is 0 Å². The lowest BCUT2D eigenvalue weighted by molar-refractivity contribution is -0.141. The van der Waals surface area contributed by atoms with Crippen LogP contribution in [0.5, 0.6) is 0 Å². The van der Waals surface area contributed by atoms with Crippen molar-refractivity contribution in [2.24, 2.45) is 5.73 Å². The third-order valence-electron chi connectivity index (χ3n) is 3.16. The highest BCUT2D eigenvalue weighted by Gasteiger charge is 2.38. The van der Waals surface area contributed by atoms with E-state index in [4.69, 9.17) is 20.5 Å². The van der Waals surface area contributed by atoms with E-state index in [0.29, 0.717) is 52.2 Å². The number of ether oxygens (including phenoxy) is 2. The van der Waals surface area contributed by atoms with Gasteiger partial charge in [-0.2, -0.15) is 5.26 Å². The van der Waals surface area contributed by atoms with Gasteiger partial charge in [-0.25, -0.2) is 0 Å². The topological polar surface area (TPSA) is 88.6 Å². The number of amides is 1. The van der Waals surface area contributed by atoms with Crippen LogP contribution >= 0.6 is 0 Å². The summed E-state index contributed by atoms with van der Waals surface area (Å²) < 4.78 is 10.2. The standard InChI is InChI=1S/C12H21N3O3/c1-17-10-7-15(6-2-5-13)11(16)12(14)3-8-18-9-4-12/h2-4,6-10,14H2,1H3. The van der Waals surface area contributed by atoms with E-state index in [1.54, 1.807) is 12.0 Å². The molecule has 6 heteroatoms. The Bertz CT molecular complexity index is 308. The van der Waals surface area contributed by atoms with Gasteiger partial charge in [-0.15, -0.1) is 0 Å². The van der Waals surface area contributed by atoms with Gasteiger partial charge in [-0.1, -0.05) is 0 Å². The van der Waals surface area contributed by atoms with Crippen LogP contribution in [0.1, 0.15) is 19.3 Å². The van der Waals surface area contributed by atoms with Crippen LogP contribution in [-0.4, -0.2) is 56.4 Å². The second-order valence-electron chi connectivity index (χ2n) is 4.46. The molecule has 0 atom stereocenters. The molecule has 1 fully saturated rings. The Balaban J connectivity index is 2.64. The minimum atomic E-state index is -0.846. The summed E-state index contributed by atoms with van der Waals surface area (Å²) in [5.41, 5.74) is 5.31. The van der Waals surface area contributed by atoms with Gasteiger partial charge in [0.1, 0.15) is 0 Å². The molecule has 1 aliphatic rings. The van der Waals surface area contributed by atoms with Crippen molar-refractivity contribution in [3.05, 3.63) is 0 Å². The first-order valence-corrected chi connectivity index (χ1v) is 6.16. The summed E-state index contributed by atoms with van der Waals surface area (Å²) in [5.74, 6) is -0.0990. The van der Waals surface area contributed by atoms with Crippen LogP contribution in [0.4, 0.5) is 0 Å². The van der Waals surface area contributed by atoms with Crippen LogP contribution in [0.15, 0.2) is 0 Å². The van der Waals surface area contributed by atoms with Crippen molar-refractivity contribution in [1.82, 2.24) is 4.90 Å². The molecule has 0 saturated carbocycles. The Morgan fingerprint density at radius 2 is 2.17 bits per heavy atom. The SMILES string of the molecule is COCCN(CCC#N)C(=O)C1(N)CCOCC1. The van der Waals surface area contributed by atoms with Crippen LogP contribution < -0.4 is 5.73 Å². The number of hydrogen-bond donors (Lipinski definition) is 1. The maximum absolute atomic E-state index is 12.4. The number of nitrogens with zero attached hydrogens (tertiary/aromatic N) is 2. The first kappa shape index (κ1) is 14.9. The van der Waals surface area contributed by atoms with E-state index < -0.39 is 5.54 Å². The predicted octanol–water partition coefficient (Wildman–Crippen LogP) is -0.117. The largest absolute Gasteiger partial charge is 0.383 e. The molecule has 0 spiro atoms. The average Bonchev–Trinajstić information content (AvgIpc) is 2.39.